The molecule has 1 fully saturated rings. The lowest BCUT2D eigenvalue weighted by molar-refractivity contribution is 0.852. The van der Waals surface area contributed by atoms with Crippen LogP contribution in [0, 0.1) is 5.92 Å². The van der Waals surface area contributed by atoms with Crippen LogP contribution < -0.4 is 5.73 Å². The predicted molar refractivity (Wildman–Crippen MR) is 57.0 cm³/mol. The van der Waals surface area contributed by atoms with Gasteiger partial charge in [-0.15, -0.1) is 0 Å². The maximum absolute atomic E-state index is 5.55. The molecular weight excluding hydrogens is 251 g/mol. The van der Waals surface area contributed by atoms with Gasteiger partial charge in [0.05, 0.1) is 0 Å². The van der Waals surface area contributed by atoms with Crippen molar-refractivity contribution in [2.45, 2.75) is 19.8 Å². The highest BCUT2D eigenvalue weighted by Crippen LogP contribution is 2.28. The molecule has 0 aromatic carbocycles. The van der Waals surface area contributed by atoms with Crippen LogP contribution in [0.5, 0.6) is 0 Å². The van der Waals surface area contributed by atoms with Crippen molar-refractivity contribution in [1.29, 1.82) is 0 Å². The van der Waals surface area contributed by atoms with Crippen LogP contribution in [0.1, 0.15) is 19.8 Å². The number of allylic oxidation sites excluding steroid dienone is 2. The van der Waals surface area contributed by atoms with Gasteiger partial charge in [-0.3, -0.25) is 4.99 Å². The minimum Gasteiger partial charge on any atom is -0.401 e. The number of nitrogens with two attached hydrogens (primary N) is 1. The summed E-state index contributed by atoms with van der Waals surface area (Å²) in [5.41, 5.74) is 6.40. The molecule has 0 heterocycles. The van der Waals surface area contributed by atoms with E-state index in [-0.39, 0.29) is 0 Å². The summed E-state index contributed by atoms with van der Waals surface area (Å²) in [4.78, 5) is 4.28. The Hall–Kier alpha value is -0.0600. The molecule has 0 saturated heterocycles. The van der Waals surface area contributed by atoms with Crippen molar-refractivity contribution in [3.63, 3.8) is 0 Å². The smallest absolute Gasteiger partial charge is 0.0493 e. The molecule has 1 aliphatic carbocycles. The summed E-state index contributed by atoms with van der Waals surface area (Å²) in [7, 11) is 0. The maximum atomic E-state index is 5.55. The van der Waals surface area contributed by atoms with Gasteiger partial charge in [0.2, 0.25) is 0 Å². The molecule has 62 valence electrons. The van der Waals surface area contributed by atoms with Gasteiger partial charge < -0.3 is 5.73 Å². The van der Waals surface area contributed by atoms with E-state index in [0.29, 0.717) is 0 Å². The third-order valence-corrected chi connectivity index (χ3v) is 2.77. The Balaban J connectivity index is 2.27. The average Bonchev–Trinajstić information content (AvgIpc) is 2.71. The van der Waals surface area contributed by atoms with E-state index in [1.807, 2.05) is 13.1 Å². The highest BCUT2D eigenvalue weighted by Gasteiger charge is 2.19. The van der Waals surface area contributed by atoms with E-state index in [2.05, 4.69) is 27.6 Å². The molecular formula is C8H13IN2. The number of aliphatic imine (C=N–C) groups is 1. The third kappa shape index (κ3) is 3.74. The van der Waals surface area contributed by atoms with Crippen LogP contribution in [0.2, 0.25) is 0 Å². The number of nitrogens with zero attached hydrogens (tertiary/aromatic N) is 1. The van der Waals surface area contributed by atoms with Crippen LogP contribution in [0.25, 0.3) is 0 Å². The molecule has 1 aliphatic rings. The molecule has 0 spiro atoms. The lowest BCUT2D eigenvalue weighted by Gasteiger charge is -1.92. The van der Waals surface area contributed by atoms with Crippen LogP contribution in [-0.4, -0.2) is 12.8 Å². The minimum absolute atomic E-state index is 0.852. The van der Waals surface area contributed by atoms with Gasteiger partial charge in [0, 0.05) is 22.0 Å². The molecule has 1 saturated carbocycles. The topological polar surface area (TPSA) is 38.4 Å². The van der Waals surface area contributed by atoms with E-state index < -0.39 is 0 Å². The Morgan fingerprint density at radius 1 is 1.73 bits per heavy atom. The predicted octanol–water partition coefficient (Wildman–Crippen LogP) is 2.09. The normalized spacial score (nSPS) is 20.5. The van der Waals surface area contributed by atoms with Gasteiger partial charge in [-0.05, 0) is 48.3 Å². The Morgan fingerprint density at radius 2 is 2.36 bits per heavy atom. The molecule has 0 unspecified atom stereocenters. The Bertz CT molecular complexity index is 188. The molecule has 11 heavy (non-hydrogen) atoms. The summed E-state index contributed by atoms with van der Waals surface area (Å²) in [6.45, 7) is 2.88. The Labute approximate surface area is 81.1 Å². The first kappa shape index (κ1) is 9.03. The van der Waals surface area contributed by atoms with Crippen LogP contribution in [0.4, 0.5) is 0 Å². The second-order valence-corrected chi connectivity index (χ2v) is 4.13. The van der Waals surface area contributed by atoms with Crippen molar-refractivity contribution < 1.29 is 0 Å². The molecule has 3 heteroatoms. The largest absolute Gasteiger partial charge is 0.401 e. The SMILES string of the molecule is CC(N)=C(I)C=NCC1CC1. The van der Waals surface area contributed by atoms with E-state index in [4.69, 9.17) is 5.73 Å². The van der Waals surface area contributed by atoms with E-state index in [9.17, 15) is 0 Å². The number of hydrogen-bond donors (Lipinski definition) is 1. The molecule has 1 rings (SSSR count). The van der Waals surface area contributed by atoms with Gasteiger partial charge in [0.25, 0.3) is 0 Å². The van der Waals surface area contributed by atoms with Gasteiger partial charge >= 0.3 is 0 Å². The number of halogens is 1. The zero-order valence-electron chi connectivity index (χ0n) is 6.68. The van der Waals surface area contributed by atoms with Crippen LogP contribution >= 0.6 is 22.6 Å². The quantitative estimate of drug-likeness (QED) is 0.615. The van der Waals surface area contributed by atoms with Gasteiger partial charge in [0.1, 0.15) is 0 Å². The molecule has 0 aromatic rings. The van der Waals surface area contributed by atoms with E-state index >= 15 is 0 Å². The van der Waals surface area contributed by atoms with Crippen molar-refractivity contribution in [3.05, 3.63) is 9.28 Å². The van der Waals surface area contributed by atoms with Gasteiger partial charge in [-0.2, -0.15) is 0 Å². The standard InChI is InChI=1S/C8H13IN2/c1-6(10)8(9)5-11-4-7-2-3-7/h5,7H,2-4,10H2,1H3. The van der Waals surface area contributed by atoms with Gasteiger partial charge in [0.15, 0.2) is 0 Å². The molecule has 2 nitrogen and oxygen atoms in total. The van der Waals surface area contributed by atoms with Crippen molar-refractivity contribution >= 4 is 28.8 Å². The fourth-order valence-corrected chi connectivity index (χ4v) is 0.881. The zero-order chi connectivity index (χ0) is 8.27. The molecule has 0 atom stereocenters. The molecule has 0 aliphatic heterocycles. The Morgan fingerprint density at radius 3 is 2.82 bits per heavy atom. The maximum Gasteiger partial charge on any atom is 0.0493 e. The average molecular weight is 264 g/mol. The summed E-state index contributed by atoms with van der Waals surface area (Å²) in [5.74, 6) is 0.869. The second kappa shape index (κ2) is 4.09. The molecule has 0 bridgehead atoms. The molecule has 0 radical (unpaired) electrons. The van der Waals surface area contributed by atoms with Crippen molar-refractivity contribution in [2.75, 3.05) is 6.54 Å². The highest BCUT2D eigenvalue weighted by atomic mass is 127. The van der Waals surface area contributed by atoms with Crippen molar-refractivity contribution in [1.82, 2.24) is 0 Å². The lowest BCUT2D eigenvalue weighted by Crippen LogP contribution is -1.94. The van der Waals surface area contributed by atoms with E-state index in [0.717, 1.165) is 21.7 Å². The van der Waals surface area contributed by atoms with Crippen LogP contribution in [0.3, 0.4) is 0 Å². The first-order chi connectivity index (χ1) is 5.20. The van der Waals surface area contributed by atoms with Crippen molar-refractivity contribution in [2.24, 2.45) is 16.6 Å². The monoisotopic (exact) mass is 264 g/mol. The minimum atomic E-state index is 0.852. The van der Waals surface area contributed by atoms with E-state index in [1.165, 1.54) is 12.8 Å². The molecule has 0 aromatic heterocycles. The van der Waals surface area contributed by atoms with Gasteiger partial charge in [-0.1, -0.05) is 0 Å². The summed E-state index contributed by atoms with van der Waals surface area (Å²) in [6, 6.07) is 0. The van der Waals surface area contributed by atoms with Crippen molar-refractivity contribution in [3.8, 4) is 0 Å². The Kier molecular flexibility index (Phi) is 3.36. The van der Waals surface area contributed by atoms with Gasteiger partial charge in [-0.25, -0.2) is 0 Å². The first-order valence-electron chi connectivity index (χ1n) is 3.82. The van der Waals surface area contributed by atoms with Crippen LogP contribution in [0.15, 0.2) is 14.3 Å². The summed E-state index contributed by atoms with van der Waals surface area (Å²) < 4.78 is 1.06. The number of hydrogen-bond acceptors (Lipinski definition) is 2. The highest BCUT2D eigenvalue weighted by molar-refractivity contribution is 14.1. The number of rotatable bonds is 3. The zero-order valence-corrected chi connectivity index (χ0v) is 8.84. The molecule has 2 N–H and O–H groups in total. The summed E-state index contributed by atoms with van der Waals surface area (Å²) in [6.07, 6.45) is 4.59. The third-order valence-electron chi connectivity index (χ3n) is 1.64. The lowest BCUT2D eigenvalue weighted by atomic mass is 10.4. The van der Waals surface area contributed by atoms with E-state index in [1.54, 1.807) is 0 Å². The fourth-order valence-electron chi connectivity index (χ4n) is 0.684. The fraction of sp³-hybridized carbons (Fsp3) is 0.625. The first-order valence-corrected chi connectivity index (χ1v) is 4.89. The summed E-state index contributed by atoms with van der Waals surface area (Å²) >= 11 is 2.20. The summed E-state index contributed by atoms with van der Waals surface area (Å²) in [5, 5.41) is 0. The molecule has 0 amide bonds. The second-order valence-electron chi connectivity index (χ2n) is 2.97. The van der Waals surface area contributed by atoms with Crippen LogP contribution in [-0.2, 0) is 0 Å².